The fourth-order valence-electron chi connectivity index (χ4n) is 4.49. The van der Waals surface area contributed by atoms with E-state index in [1.165, 1.54) is 52.8 Å². The van der Waals surface area contributed by atoms with Gasteiger partial charge in [-0.25, -0.2) is 18.1 Å². The van der Waals surface area contributed by atoms with Gasteiger partial charge in [-0.3, -0.25) is 0 Å². The van der Waals surface area contributed by atoms with Crippen molar-refractivity contribution < 1.29 is 35.1 Å². The highest BCUT2D eigenvalue weighted by molar-refractivity contribution is 7.90. The highest BCUT2D eigenvalue weighted by atomic mass is 32.2. The molecule has 2 aromatic heterocycles. The molecule has 0 aliphatic rings. The van der Waals surface area contributed by atoms with E-state index >= 15 is 0 Å². The van der Waals surface area contributed by atoms with Gasteiger partial charge in [-0.2, -0.15) is 8.78 Å². The Balaban J connectivity index is 1.69. The second-order valence-electron chi connectivity index (χ2n) is 9.71. The van der Waals surface area contributed by atoms with Crippen LogP contribution >= 0.6 is 0 Å². The summed E-state index contributed by atoms with van der Waals surface area (Å²) in [5.74, 6) is -3.31. The summed E-state index contributed by atoms with van der Waals surface area (Å²) in [4.78, 5) is 4.19. The van der Waals surface area contributed by atoms with Crippen LogP contribution in [0.15, 0.2) is 84.0 Å². The van der Waals surface area contributed by atoms with Gasteiger partial charge in [-0.15, -0.1) is 18.3 Å². The lowest BCUT2D eigenvalue weighted by molar-refractivity contribution is -0.274. The molecule has 0 spiro atoms. The van der Waals surface area contributed by atoms with E-state index < -0.39 is 40.0 Å². The van der Waals surface area contributed by atoms with Crippen molar-refractivity contribution in [2.24, 2.45) is 0 Å². The third kappa shape index (κ3) is 6.28. The molecule has 0 radical (unpaired) electrons. The second-order valence-corrected chi connectivity index (χ2v) is 11.7. The van der Waals surface area contributed by atoms with E-state index in [2.05, 4.69) is 20.0 Å². The Morgan fingerprint density at radius 1 is 0.884 bits per heavy atom. The predicted octanol–water partition coefficient (Wildman–Crippen LogP) is 6.90. The molecule has 0 N–H and O–H groups in total. The van der Waals surface area contributed by atoms with Crippen LogP contribution in [0.4, 0.5) is 22.0 Å². The van der Waals surface area contributed by atoms with Crippen LogP contribution in [-0.2, 0) is 15.8 Å². The number of benzene rings is 3. The van der Waals surface area contributed by atoms with Gasteiger partial charge >= 0.3 is 6.36 Å². The van der Waals surface area contributed by atoms with Gasteiger partial charge in [0, 0.05) is 24.4 Å². The monoisotopic (exact) mass is 617 g/mol. The zero-order valence-corrected chi connectivity index (χ0v) is 23.8. The third-order valence-corrected chi connectivity index (χ3v) is 7.80. The number of halogens is 5. The fraction of sp³-hybridized carbons (Fsp3) is 0.207. The van der Waals surface area contributed by atoms with Gasteiger partial charge in [0.2, 0.25) is 0 Å². The Kier molecular flexibility index (Phi) is 7.59. The van der Waals surface area contributed by atoms with Crippen molar-refractivity contribution in [2.45, 2.75) is 37.4 Å². The highest BCUT2D eigenvalue weighted by Gasteiger charge is 2.33. The quantitative estimate of drug-likeness (QED) is 0.176. The van der Waals surface area contributed by atoms with E-state index in [0.29, 0.717) is 33.8 Å². The molecule has 5 rings (SSSR count). The Morgan fingerprint density at radius 3 is 2.21 bits per heavy atom. The molecule has 0 atom stereocenters. The van der Waals surface area contributed by atoms with Gasteiger partial charge < -0.3 is 9.30 Å². The third-order valence-electron chi connectivity index (χ3n) is 6.69. The lowest BCUT2D eigenvalue weighted by Crippen LogP contribution is -2.16. The lowest BCUT2D eigenvalue weighted by atomic mass is 10.0. The Bertz CT molecular complexity index is 1900. The van der Waals surface area contributed by atoms with Crippen LogP contribution in [0.25, 0.3) is 33.8 Å². The first-order chi connectivity index (χ1) is 20.2. The standard InChI is InChI=1S/C29H24F5N5O3S/c1-4-28(30,31)27-17-38(18(2)36-27)24-13-10-21(20-6-5-7-23(14-20)43(3,40)41)15-25(24)39-26(16-35-37-39)19-8-11-22(12-9-19)42-29(32,33)34/h5-17H,4H2,1-3H3. The molecule has 224 valence electrons. The molecule has 0 saturated carbocycles. The number of alkyl halides is 5. The van der Waals surface area contributed by atoms with E-state index in [1.54, 1.807) is 37.3 Å². The second kappa shape index (κ2) is 10.9. The minimum atomic E-state index is -4.86. The maximum Gasteiger partial charge on any atom is 0.573 e. The summed E-state index contributed by atoms with van der Waals surface area (Å²) in [5.41, 5.74) is 2.30. The maximum absolute atomic E-state index is 14.6. The van der Waals surface area contributed by atoms with Gasteiger partial charge in [-0.05, 0) is 66.6 Å². The van der Waals surface area contributed by atoms with Crippen molar-refractivity contribution in [3.05, 3.63) is 90.6 Å². The van der Waals surface area contributed by atoms with Crippen molar-refractivity contribution in [1.29, 1.82) is 0 Å². The van der Waals surface area contributed by atoms with Crippen LogP contribution < -0.4 is 4.74 Å². The van der Waals surface area contributed by atoms with Crippen molar-refractivity contribution >= 4 is 9.84 Å². The molecule has 0 unspecified atom stereocenters. The SMILES string of the molecule is CCC(F)(F)c1cn(-c2ccc(-c3cccc(S(C)(=O)=O)c3)cc2-n2nncc2-c2ccc(OC(F)(F)F)cc2)c(C)n1. The Labute approximate surface area is 243 Å². The lowest BCUT2D eigenvalue weighted by Gasteiger charge is -2.16. The van der Waals surface area contributed by atoms with Crippen molar-refractivity contribution in [1.82, 2.24) is 24.5 Å². The smallest absolute Gasteiger partial charge is 0.406 e. The average Bonchev–Trinajstić information content (AvgIpc) is 3.59. The summed E-state index contributed by atoms with van der Waals surface area (Å²) >= 11 is 0. The van der Waals surface area contributed by atoms with Crippen LogP contribution in [-0.4, -0.2) is 45.6 Å². The van der Waals surface area contributed by atoms with Crippen LogP contribution in [0, 0.1) is 6.92 Å². The summed E-state index contributed by atoms with van der Waals surface area (Å²) in [5, 5.41) is 8.20. The van der Waals surface area contributed by atoms with Gasteiger partial charge in [0.15, 0.2) is 9.84 Å². The molecular weight excluding hydrogens is 593 g/mol. The number of sulfone groups is 1. The summed E-state index contributed by atoms with van der Waals surface area (Å²) in [6, 6.07) is 16.5. The maximum atomic E-state index is 14.6. The Hall–Kier alpha value is -4.59. The van der Waals surface area contributed by atoms with Crippen LogP contribution in [0.5, 0.6) is 5.75 Å². The summed E-state index contributed by atoms with van der Waals surface area (Å²) in [6.07, 6.45) is -1.57. The number of hydrogen-bond acceptors (Lipinski definition) is 6. The minimum Gasteiger partial charge on any atom is -0.406 e. The molecule has 0 amide bonds. The molecular formula is C29H24F5N5O3S. The molecule has 0 fully saturated rings. The van der Waals surface area contributed by atoms with Gasteiger partial charge in [-0.1, -0.05) is 30.3 Å². The number of aryl methyl sites for hydroxylation is 1. The van der Waals surface area contributed by atoms with Crippen LogP contribution in [0.2, 0.25) is 0 Å². The fourth-order valence-corrected chi connectivity index (χ4v) is 5.16. The van der Waals surface area contributed by atoms with E-state index in [-0.39, 0.29) is 10.7 Å². The molecule has 2 heterocycles. The van der Waals surface area contributed by atoms with E-state index in [1.807, 2.05) is 0 Å². The number of imidazole rings is 1. The largest absolute Gasteiger partial charge is 0.573 e. The number of rotatable bonds is 8. The zero-order valence-electron chi connectivity index (χ0n) is 23.0. The molecule has 8 nitrogen and oxygen atoms in total. The number of hydrogen-bond donors (Lipinski definition) is 0. The van der Waals surface area contributed by atoms with Gasteiger partial charge in [0.1, 0.15) is 17.3 Å². The summed E-state index contributed by atoms with van der Waals surface area (Å²) in [6.45, 7) is 2.93. The molecule has 0 aliphatic carbocycles. The van der Waals surface area contributed by atoms with E-state index in [4.69, 9.17) is 0 Å². The first-order valence-corrected chi connectivity index (χ1v) is 14.7. The van der Waals surface area contributed by atoms with Crippen molar-refractivity contribution in [3.8, 4) is 39.5 Å². The molecule has 14 heteroatoms. The highest BCUT2D eigenvalue weighted by Crippen LogP contribution is 2.35. The Morgan fingerprint density at radius 2 is 1.56 bits per heavy atom. The van der Waals surface area contributed by atoms with Crippen LogP contribution in [0.3, 0.4) is 0 Å². The summed E-state index contributed by atoms with van der Waals surface area (Å²) in [7, 11) is -3.51. The number of ether oxygens (including phenoxy) is 1. The first kappa shape index (κ1) is 29.9. The van der Waals surface area contributed by atoms with Gasteiger partial charge in [0.05, 0.1) is 28.2 Å². The summed E-state index contributed by atoms with van der Waals surface area (Å²) < 4.78 is 98.4. The number of aromatic nitrogens is 5. The van der Waals surface area contributed by atoms with E-state index in [9.17, 15) is 30.4 Å². The molecule has 3 aromatic carbocycles. The van der Waals surface area contributed by atoms with Crippen LogP contribution in [0.1, 0.15) is 24.9 Å². The van der Waals surface area contributed by atoms with Gasteiger partial charge in [0.25, 0.3) is 5.92 Å². The molecule has 0 saturated heterocycles. The van der Waals surface area contributed by atoms with E-state index in [0.717, 1.165) is 18.4 Å². The molecule has 43 heavy (non-hydrogen) atoms. The average molecular weight is 618 g/mol. The zero-order chi connectivity index (χ0) is 31.2. The molecule has 0 aliphatic heterocycles. The van der Waals surface area contributed by atoms with Crippen molar-refractivity contribution in [2.75, 3.05) is 6.26 Å². The topological polar surface area (TPSA) is 91.9 Å². The molecule has 0 bridgehead atoms. The number of nitrogens with zero attached hydrogens (tertiary/aromatic N) is 5. The molecule has 5 aromatic rings. The minimum absolute atomic E-state index is 0.107. The van der Waals surface area contributed by atoms with Crippen molar-refractivity contribution in [3.63, 3.8) is 0 Å². The first-order valence-electron chi connectivity index (χ1n) is 12.8. The normalized spacial score (nSPS) is 12.5. The predicted molar refractivity (Wildman–Crippen MR) is 148 cm³/mol.